The van der Waals surface area contributed by atoms with Crippen LogP contribution in [0.1, 0.15) is 0 Å². The first-order valence-corrected chi connectivity index (χ1v) is 3.90. The molecule has 0 aromatic carbocycles. The van der Waals surface area contributed by atoms with Crippen LogP contribution in [0.25, 0.3) is 0 Å². The number of hydrogen-bond acceptors (Lipinski definition) is 3. The Kier molecular flexibility index (Phi) is 6.49. The van der Waals surface area contributed by atoms with Gasteiger partial charge in [-0.25, -0.2) is 5.43 Å². The minimum Gasteiger partial charge on any atom is -0.271 e. The SMILES string of the molecule is C=CCNN(CC=C)NC(=O)C=C. The maximum atomic E-state index is 10.9. The number of hydrogen-bond donors (Lipinski definition) is 2. The normalized spacial score (nSPS) is 9.31. The van der Waals surface area contributed by atoms with Crippen LogP contribution in [0.15, 0.2) is 38.0 Å². The van der Waals surface area contributed by atoms with Gasteiger partial charge in [0.1, 0.15) is 0 Å². The van der Waals surface area contributed by atoms with Crippen molar-refractivity contribution in [2.45, 2.75) is 0 Å². The first-order valence-electron chi connectivity index (χ1n) is 3.90. The lowest BCUT2D eigenvalue weighted by Gasteiger charge is -2.20. The Morgan fingerprint density at radius 2 is 2.00 bits per heavy atom. The molecule has 0 bridgehead atoms. The van der Waals surface area contributed by atoms with Crippen molar-refractivity contribution in [3.05, 3.63) is 38.0 Å². The molecule has 0 aliphatic carbocycles. The van der Waals surface area contributed by atoms with Crippen LogP contribution in [0, 0.1) is 0 Å². The highest BCUT2D eigenvalue weighted by atomic mass is 16.2. The van der Waals surface area contributed by atoms with Crippen molar-refractivity contribution >= 4 is 5.91 Å². The van der Waals surface area contributed by atoms with E-state index in [0.717, 1.165) is 0 Å². The summed E-state index contributed by atoms with van der Waals surface area (Å²) in [6.07, 6.45) is 4.56. The summed E-state index contributed by atoms with van der Waals surface area (Å²) >= 11 is 0. The van der Waals surface area contributed by atoms with Crippen molar-refractivity contribution in [1.82, 2.24) is 16.0 Å². The molecule has 13 heavy (non-hydrogen) atoms. The zero-order valence-electron chi connectivity index (χ0n) is 7.62. The van der Waals surface area contributed by atoms with E-state index in [1.54, 1.807) is 12.2 Å². The highest BCUT2D eigenvalue weighted by Gasteiger charge is 2.01. The van der Waals surface area contributed by atoms with Gasteiger partial charge in [-0.3, -0.25) is 10.2 Å². The van der Waals surface area contributed by atoms with Gasteiger partial charge in [-0.1, -0.05) is 18.7 Å². The second kappa shape index (κ2) is 7.27. The summed E-state index contributed by atoms with van der Waals surface area (Å²) < 4.78 is 0. The van der Waals surface area contributed by atoms with Gasteiger partial charge in [-0.2, -0.15) is 5.12 Å². The van der Waals surface area contributed by atoms with Crippen LogP contribution in [0.4, 0.5) is 0 Å². The Morgan fingerprint density at radius 1 is 1.31 bits per heavy atom. The fourth-order valence-corrected chi connectivity index (χ4v) is 0.632. The second-order valence-electron chi connectivity index (χ2n) is 2.23. The number of nitrogens with one attached hydrogen (secondary N) is 2. The quantitative estimate of drug-likeness (QED) is 0.339. The summed E-state index contributed by atoms with van der Waals surface area (Å²) in [5.41, 5.74) is 5.45. The molecule has 0 heterocycles. The number of hydrazine groups is 2. The lowest BCUT2D eigenvalue weighted by atomic mass is 10.6. The highest BCUT2D eigenvalue weighted by Crippen LogP contribution is 1.78. The van der Waals surface area contributed by atoms with Gasteiger partial charge in [0.25, 0.3) is 5.91 Å². The Hall–Kier alpha value is -1.39. The predicted molar refractivity (Wildman–Crippen MR) is 53.4 cm³/mol. The van der Waals surface area contributed by atoms with E-state index in [2.05, 4.69) is 30.6 Å². The average molecular weight is 181 g/mol. The molecule has 0 atom stereocenters. The number of amides is 1. The third-order valence-corrected chi connectivity index (χ3v) is 1.17. The van der Waals surface area contributed by atoms with Gasteiger partial charge in [-0.05, 0) is 6.08 Å². The van der Waals surface area contributed by atoms with E-state index in [1.807, 2.05) is 0 Å². The van der Waals surface area contributed by atoms with E-state index < -0.39 is 0 Å². The topological polar surface area (TPSA) is 44.4 Å². The standard InChI is InChI=1S/C9H15N3O/c1-4-7-10-12(8-5-2)11-9(13)6-3/h4-6,10H,1-3,7-8H2,(H,11,13). The number of carbonyl (C=O) groups excluding carboxylic acids is 1. The molecule has 0 aliphatic heterocycles. The van der Waals surface area contributed by atoms with E-state index >= 15 is 0 Å². The van der Waals surface area contributed by atoms with Gasteiger partial charge in [0.05, 0.1) is 6.54 Å². The van der Waals surface area contributed by atoms with Gasteiger partial charge in [0, 0.05) is 6.54 Å². The fourth-order valence-electron chi connectivity index (χ4n) is 0.632. The van der Waals surface area contributed by atoms with Gasteiger partial charge >= 0.3 is 0 Å². The first-order chi connectivity index (χ1) is 6.24. The van der Waals surface area contributed by atoms with E-state index in [4.69, 9.17) is 0 Å². The molecule has 0 saturated heterocycles. The van der Waals surface area contributed by atoms with Crippen molar-refractivity contribution in [1.29, 1.82) is 0 Å². The highest BCUT2D eigenvalue weighted by molar-refractivity contribution is 5.86. The number of nitrogens with zero attached hydrogens (tertiary/aromatic N) is 1. The van der Waals surface area contributed by atoms with Crippen LogP contribution in [0.5, 0.6) is 0 Å². The Labute approximate surface area is 78.6 Å². The van der Waals surface area contributed by atoms with Gasteiger partial charge in [0.15, 0.2) is 0 Å². The van der Waals surface area contributed by atoms with Crippen molar-refractivity contribution < 1.29 is 4.79 Å². The fraction of sp³-hybridized carbons (Fsp3) is 0.222. The molecule has 4 nitrogen and oxygen atoms in total. The molecule has 0 aromatic rings. The predicted octanol–water partition coefficient (Wildman–Crippen LogP) is 0.382. The van der Waals surface area contributed by atoms with Gasteiger partial charge in [0.2, 0.25) is 0 Å². The molecule has 0 rings (SSSR count). The largest absolute Gasteiger partial charge is 0.271 e. The molecular weight excluding hydrogens is 166 g/mol. The smallest absolute Gasteiger partial charge is 0.258 e. The summed E-state index contributed by atoms with van der Waals surface area (Å²) in [7, 11) is 0. The second-order valence-corrected chi connectivity index (χ2v) is 2.23. The molecule has 4 heteroatoms. The molecular formula is C9H15N3O. The van der Waals surface area contributed by atoms with E-state index in [0.29, 0.717) is 13.1 Å². The molecule has 0 fully saturated rings. The molecule has 0 spiro atoms. The summed E-state index contributed by atoms with van der Waals surface area (Å²) in [6.45, 7) is 11.5. The number of rotatable bonds is 7. The summed E-state index contributed by atoms with van der Waals surface area (Å²) in [5.74, 6) is -0.265. The Bertz CT molecular complexity index is 201. The number of carbonyl (C=O) groups is 1. The lowest BCUT2D eigenvalue weighted by molar-refractivity contribution is -0.122. The van der Waals surface area contributed by atoms with Crippen molar-refractivity contribution in [3.63, 3.8) is 0 Å². The van der Waals surface area contributed by atoms with Gasteiger partial charge < -0.3 is 0 Å². The summed E-state index contributed by atoms with van der Waals surface area (Å²) in [5, 5.41) is 1.51. The van der Waals surface area contributed by atoms with E-state index in [1.165, 1.54) is 11.2 Å². The van der Waals surface area contributed by atoms with Crippen molar-refractivity contribution in [3.8, 4) is 0 Å². The third kappa shape index (κ3) is 5.84. The maximum Gasteiger partial charge on any atom is 0.258 e. The van der Waals surface area contributed by atoms with Crippen LogP contribution >= 0.6 is 0 Å². The van der Waals surface area contributed by atoms with E-state index in [-0.39, 0.29) is 5.91 Å². The molecule has 0 saturated carbocycles. The van der Waals surface area contributed by atoms with Crippen LogP contribution in [0.2, 0.25) is 0 Å². The molecule has 1 amide bonds. The zero-order chi connectivity index (χ0) is 10.1. The van der Waals surface area contributed by atoms with Gasteiger partial charge in [-0.15, -0.1) is 13.2 Å². The molecule has 0 aliphatic rings. The zero-order valence-corrected chi connectivity index (χ0v) is 7.62. The molecule has 2 N–H and O–H groups in total. The minimum absolute atomic E-state index is 0.265. The summed E-state index contributed by atoms with van der Waals surface area (Å²) in [4.78, 5) is 10.9. The first kappa shape index (κ1) is 11.6. The third-order valence-electron chi connectivity index (χ3n) is 1.17. The average Bonchev–Trinajstić information content (AvgIpc) is 2.14. The van der Waals surface area contributed by atoms with Crippen LogP contribution in [-0.2, 0) is 4.79 Å². The Morgan fingerprint density at radius 3 is 2.46 bits per heavy atom. The summed E-state index contributed by atoms with van der Waals surface area (Å²) in [6, 6.07) is 0. The van der Waals surface area contributed by atoms with E-state index in [9.17, 15) is 4.79 Å². The lowest BCUT2D eigenvalue weighted by Crippen LogP contribution is -2.50. The van der Waals surface area contributed by atoms with Crippen LogP contribution in [0.3, 0.4) is 0 Å². The molecule has 0 radical (unpaired) electrons. The minimum atomic E-state index is -0.265. The van der Waals surface area contributed by atoms with Crippen LogP contribution < -0.4 is 10.9 Å². The van der Waals surface area contributed by atoms with Crippen molar-refractivity contribution in [2.24, 2.45) is 0 Å². The van der Waals surface area contributed by atoms with Crippen LogP contribution in [-0.4, -0.2) is 24.1 Å². The van der Waals surface area contributed by atoms with Crippen molar-refractivity contribution in [2.75, 3.05) is 13.1 Å². The molecule has 72 valence electrons. The molecule has 0 aromatic heterocycles. The monoisotopic (exact) mass is 181 g/mol. The Balaban J connectivity index is 3.91. The molecule has 0 unspecified atom stereocenters. The maximum absolute atomic E-state index is 10.9.